The molecule has 11 aromatic rings. The van der Waals surface area contributed by atoms with E-state index >= 15 is 0 Å². The summed E-state index contributed by atoms with van der Waals surface area (Å²) in [4.78, 5) is 14.5. The van der Waals surface area contributed by atoms with Crippen molar-refractivity contribution in [2.24, 2.45) is 0 Å². The number of rotatable bonds is 4. The van der Waals surface area contributed by atoms with Gasteiger partial charge in [-0.15, -0.1) is 22.7 Å². The molecule has 0 aliphatic rings. The minimum absolute atomic E-state index is 0.0571. The Hall–Kier alpha value is -6.21. The molecule has 0 atom stereocenters. The molecule has 0 saturated heterocycles. The van der Waals surface area contributed by atoms with Crippen LogP contribution < -0.4 is 0 Å². The van der Waals surface area contributed by atoms with E-state index in [9.17, 15) is 4.11 Å². The fourth-order valence-electron chi connectivity index (χ4n) is 6.86. The average Bonchev–Trinajstić information content (AvgIpc) is 3.94. The third-order valence-corrected chi connectivity index (χ3v) is 11.4. The minimum atomic E-state index is -0.255. The summed E-state index contributed by atoms with van der Waals surface area (Å²) in [6.07, 6.45) is 0. The molecule has 0 saturated carbocycles. The normalized spacial score (nSPS) is 13.6. The van der Waals surface area contributed by atoms with Crippen molar-refractivity contribution < 1.29 is 12.6 Å². The Bertz CT molecular complexity index is 3510. The summed E-state index contributed by atoms with van der Waals surface area (Å²) >= 11 is 2.77. The molecule has 4 aromatic heterocycles. The van der Waals surface area contributed by atoms with Gasteiger partial charge in [0.25, 0.3) is 0 Å². The number of aromatic nitrogens is 3. The van der Waals surface area contributed by atoms with Crippen LogP contribution >= 0.6 is 22.7 Å². The molecule has 0 radical (unpaired) electrons. The zero-order chi connectivity index (χ0) is 38.7. The lowest BCUT2D eigenvalue weighted by atomic mass is 9.98. The topological polar surface area (TPSA) is 51.8 Å². The first-order chi connectivity index (χ1) is 27.7. The molecule has 0 amide bonds. The van der Waals surface area contributed by atoms with Crippen molar-refractivity contribution in [3.8, 4) is 45.3 Å². The van der Waals surface area contributed by atoms with Crippen molar-refractivity contribution in [3.63, 3.8) is 0 Å². The van der Waals surface area contributed by atoms with Gasteiger partial charge in [0, 0.05) is 67.8 Å². The van der Waals surface area contributed by atoms with Crippen LogP contribution in [0.2, 0.25) is 0 Å². The van der Waals surface area contributed by atoms with Crippen LogP contribution in [0.3, 0.4) is 0 Å². The maximum atomic E-state index is 9.63. The van der Waals surface area contributed by atoms with Gasteiger partial charge in [-0.3, -0.25) is 0 Å². The maximum absolute atomic E-state index is 9.63. The molecule has 0 aliphatic carbocycles. The third kappa shape index (κ3) is 4.61. The zero-order valence-electron chi connectivity index (χ0n) is 32.5. The van der Waals surface area contributed by atoms with Crippen molar-refractivity contribution in [1.82, 2.24) is 15.0 Å². The molecule has 238 valence electrons. The molecule has 0 unspecified atom stereocenters. The summed E-state index contributed by atoms with van der Waals surface area (Å²) in [5.74, 6) is 0.718. The smallest absolute Gasteiger partial charge is 0.164 e. The Balaban J connectivity index is 1.15. The van der Waals surface area contributed by atoms with Gasteiger partial charge in [-0.25, -0.2) is 15.0 Å². The SMILES string of the molecule is [2H]c1c([2H])c(-c2ccc3c(c2)sc2ccccc23)c2c(sc3c([2H])c(-c4nc(-c5ccccc5)nc(-c5ccc6c(c5)oc5ccccc56)n4)c([2H])c([2H])c32)c1[2H]. The van der Waals surface area contributed by atoms with Gasteiger partial charge in [0.05, 0.1) is 8.22 Å². The van der Waals surface area contributed by atoms with Gasteiger partial charge in [0.2, 0.25) is 0 Å². The first-order valence-corrected chi connectivity index (χ1v) is 18.0. The predicted molar refractivity (Wildman–Crippen MR) is 215 cm³/mol. The molecule has 0 bridgehead atoms. The van der Waals surface area contributed by atoms with Gasteiger partial charge in [0.15, 0.2) is 17.5 Å². The number of furan rings is 1. The molecule has 6 heteroatoms. The molecule has 0 N–H and O–H groups in total. The Morgan fingerprint density at radius 1 is 0.451 bits per heavy atom. The second-order valence-corrected chi connectivity index (χ2v) is 14.4. The van der Waals surface area contributed by atoms with Gasteiger partial charge < -0.3 is 4.42 Å². The van der Waals surface area contributed by atoms with Gasteiger partial charge in [0.1, 0.15) is 11.2 Å². The summed E-state index contributed by atoms with van der Waals surface area (Å²) < 4.78 is 64.6. The lowest BCUT2D eigenvalue weighted by molar-refractivity contribution is 0.669. The van der Waals surface area contributed by atoms with Crippen LogP contribution in [0.4, 0.5) is 0 Å². The summed E-state index contributed by atoms with van der Waals surface area (Å²) in [5.41, 5.74) is 3.93. The highest BCUT2D eigenvalue weighted by Crippen LogP contribution is 2.43. The number of thiophene rings is 2. The Labute approximate surface area is 308 Å². The van der Waals surface area contributed by atoms with E-state index in [-0.39, 0.29) is 47.6 Å². The van der Waals surface area contributed by atoms with Crippen molar-refractivity contribution in [2.75, 3.05) is 0 Å². The van der Waals surface area contributed by atoms with Crippen molar-refractivity contribution >= 4 is 85.0 Å². The number of para-hydroxylation sites is 1. The van der Waals surface area contributed by atoms with E-state index in [1.165, 1.54) is 0 Å². The van der Waals surface area contributed by atoms with Crippen LogP contribution in [0.1, 0.15) is 8.22 Å². The van der Waals surface area contributed by atoms with Crippen LogP contribution in [0.25, 0.3) is 108 Å². The zero-order valence-corrected chi connectivity index (χ0v) is 28.2. The van der Waals surface area contributed by atoms with E-state index in [0.717, 1.165) is 47.9 Å². The monoisotopic (exact) mass is 693 g/mol. The Kier molecular flexibility index (Phi) is 5.08. The fraction of sp³-hybridized carbons (Fsp3) is 0. The van der Waals surface area contributed by atoms with Crippen LogP contribution in [0.5, 0.6) is 0 Å². The van der Waals surface area contributed by atoms with Crippen LogP contribution in [0.15, 0.2) is 156 Å². The molecule has 0 fully saturated rings. The standard InChI is InChI=1S/C45H25N3OS2/c1-2-9-26(10-3-1)43-46-44(28-18-20-32-31-11-4-6-14-36(31)49-37(32)23-28)48-45(47-43)29-19-22-35-41(25-29)51-39-16-8-13-30(42(35)39)27-17-21-34-33-12-5-7-15-38(33)50-40(34)24-27/h1-25H/i8D,13D,16D,19D,22D,25D. The van der Waals surface area contributed by atoms with Crippen molar-refractivity contribution in [3.05, 3.63) is 152 Å². The second kappa shape index (κ2) is 11.2. The quantitative estimate of drug-likeness (QED) is 0.184. The summed E-state index contributed by atoms with van der Waals surface area (Å²) in [7, 11) is 0. The third-order valence-electron chi connectivity index (χ3n) is 9.27. The van der Waals surface area contributed by atoms with Gasteiger partial charge in [-0.2, -0.15) is 0 Å². The molecule has 4 heterocycles. The first-order valence-electron chi connectivity index (χ1n) is 19.4. The largest absolute Gasteiger partial charge is 0.456 e. The summed E-state index contributed by atoms with van der Waals surface area (Å²) in [5, 5.41) is 4.89. The summed E-state index contributed by atoms with van der Waals surface area (Å²) in [6, 6.07) is 36.1. The maximum Gasteiger partial charge on any atom is 0.164 e. The van der Waals surface area contributed by atoms with E-state index in [0.29, 0.717) is 59.7 Å². The van der Waals surface area contributed by atoms with E-state index in [1.807, 2.05) is 103 Å². The van der Waals surface area contributed by atoms with Crippen molar-refractivity contribution in [1.29, 1.82) is 0 Å². The Morgan fingerprint density at radius 3 is 2.04 bits per heavy atom. The molecular weight excluding hydrogens is 663 g/mol. The molecule has 4 nitrogen and oxygen atoms in total. The van der Waals surface area contributed by atoms with E-state index < -0.39 is 0 Å². The first kappa shape index (κ1) is 23.2. The van der Waals surface area contributed by atoms with E-state index in [2.05, 4.69) is 12.1 Å². The second-order valence-electron chi connectivity index (χ2n) is 12.3. The molecule has 51 heavy (non-hydrogen) atoms. The van der Waals surface area contributed by atoms with Gasteiger partial charge in [-0.1, -0.05) is 109 Å². The van der Waals surface area contributed by atoms with E-state index in [1.54, 1.807) is 11.3 Å². The average molecular weight is 694 g/mol. The molecular formula is C45H25N3OS2. The predicted octanol–water partition coefficient (Wildman–Crippen LogP) is 13.2. The highest BCUT2D eigenvalue weighted by molar-refractivity contribution is 7.26. The number of fused-ring (bicyclic) bond motifs is 9. The number of nitrogens with zero attached hydrogens (tertiary/aromatic N) is 3. The highest BCUT2D eigenvalue weighted by atomic mass is 32.1. The number of hydrogen-bond donors (Lipinski definition) is 0. The highest BCUT2D eigenvalue weighted by Gasteiger charge is 2.17. The number of benzene rings is 7. The minimum Gasteiger partial charge on any atom is -0.456 e. The van der Waals surface area contributed by atoms with E-state index in [4.69, 9.17) is 23.5 Å². The van der Waals surface area contributed by atoms with Gasteiger partial charge >= 0.3 is 0 Å². The molecule has 11 rings (SSSR count). The lowest BCUT2D eigenvalue weighted by Gasteiger charge is -2.09. The van der Waals surface area contributed by atoms with Gasteiger partial charge in [-0.05, 0) is 53.5 Å². The molecule has 0 aliphatic heterocycles. The van der Waals surface area contributed by atoms with Crippen molar-refractivity contribution in [2.45, 2.75) is 0 Å². The van der Waals surface area contributed by atoms with Crippen LogP contribution in [0, 0.1) is 0 Å². The summed E-state index contributed by atoms with van der Waals surface area (Å²) in [6.45, 7) is 0. The number of hydrogen-bond acceptors (Lipinski definition) is 6. The lowest BCUT2D eigenvalue weighted by Crippen LogP contribution is -2.00. The van der Waals surface area contributed by atoms with Crippen LogP contribution in [-0.4, -0.2) is 15.0 Å². The fourth-order valence-corrected chi connectivity index (χ4v) is 9.02. The van der Waals surface area contributed by atoms with Crippen LogP contribution in [-0.2, 0) is 0 Å². The Morgan fingerprint density at radius 2 is 1.14 bits per heavy atom. The molecule has 7 aromatic carbocycles. The molecule has 0 spiro atoms.